The predicted octanol–water partition coefficient (Wildman–Crippen LogP) is 12.1. The molecule has 2 aromatic carbocycles. The van der Waals surface area contributed by atoms with Crippen molar-refractivity contribution in [3.05, 3.63) is 77.2 Å². The number of aryl methyl sites for hydroxylation is 1. The normalized spacial score (nSPS) is 17.4. The molecule has 6 rings (SSSR count). The largest absolute Gasteiger partial charge is 0.139 e. The lowest BCUT2D eigenvalue weighted by atomic mass is 9.57. The Hall–Kier alpha value is -2.16. The maximum absolute atomic E-state index is 2.49. The summed E-state index contributed by atoms with van der Waals surface area (Å²) in [4.78, 5) is 6.01. The monoisotopic (exact) mass is 580 g/mol. The Morgan fingerprint density at radius 1 is 0.341 bits per heavy atom. The molecule has 2 heterocycles. The summed E-state index contributed by atoms with van der Waals surface area (Å²) in [6.07, 6.45) is 0. The molecule has 0 atom stereocenters. The van der Waals surface area contributed by atoms with E-state index in [0.29, 0.717) is 0 Å². The van der Waals surface area contributed by atoms with Crippen LogP contribution in [0.4, 0.5) is 0 Å². The van der Waals surface area contributed by atoms with Gasteiger partial charge in [0.1, 0.15) is 0 Å². The SMILES string of the molecule is Cc1sc2c(c1C)C(C)(C)C(C)(C)c1c-2sc(-c2c(C)c(C)c3c(c2C)C(C)(C)c2c(C)c(C)c(C)c(C)c2-3)c1C. The fourth-order valence-electron chi connectivity index (χ4n) is 8.95. The highest BCUT2D eigenvalue weighted by atomic mass is 32.1. The van der Waals surface area contributed by atoms with Crippen LogP contribution in [-0.2, 0) is 16.2 Å². The number of rotatable bonds is 1. The van der Waals surface area contributed by atoms with Crippen molar-refractivity contribution in [1.29, 1.82) is 0 Å². The summed E-state index contributed by atoms with van der Waals surface area (Å²) in [6.45, 7) is 38.6. The summed E-state index contributed by atoms with van der Waals surface area (Å²) in [5.41, 5.74) is 24.1. The van der Waals surface area contributed by atoms with Crippen molar-refractivity contribution in [2.45, 2.75) is 127 Å². The second-order valence-electron chi connectivity index (χ2n) is 14.9. The van der Waals surface area contributed by atoms with Crippen molar-refractivity contribution in [3.63, 3.8) is 0 Å². The van der Waals surface area contributed by atoms with Gasteiger partial charge in [-0.05, 0) is 158 Å². The van der Waals surface area contributed by atoms with Crippen LogP contribution >= 0.6 is 22.7 Å². The molecule has 2 aliphatic rings. The molecule has 0 fully saturated rings. The molecular formula is C39H48S2. The Kier molecular flexibility index (Phi) is 5.98. The summed E-state index contributed by atoms with van der Waals surface area (Å²) in [5.74, 6) is 0. The highest BCUT2D eigenvalue weighted by molar-refractivity contribution is 7.24. The van der Waals surface area contributed by atoms with Gasteiger partial charge in [-0.1, -0.05) is 41.5 Å². The summed E-state index contributed by atoms with van der Waals surface area (Å²) in [5, 5.41) is 0. The Morgan fingerprint density at radius 3 is 1.32 bits per heavy atom. The molecule has 0 saturated carbocycles. The van der Waals surface area contributed by atoms with E-state index in [1.165, 1.54) is 86.3 Å². The first-order valence-corrected chi connectivity index (χ1v) is 16.9. The van der Waals surface area contributed by atoms with Crippen LogP contribution < -0.4 is 0 Å². The maximum atomic E-state index is 2.49. The van der Waals surface area contributed by atoms with Gasteiger partial charge >= 0.3 is 0 Å². The van der Waals surface area contributed by atoms with Crippen molar-refractivity contribution < 1.29 is 0 Å². The molecule has 41 heavy (non-hydrogen) atoms. The average Bonchev–Trinajstić information content (AvgIpc) is 3.46. The van der Waals surface area contributed by atoms with E-state index >= 15 is 0 Å². The zero-order valence-corrected chi connectivity index (χ0v) is 29.9. The summed E-state index contributed by atoms with van der Waals surface area (Å²) in [7, 11) is 0. The molecule has 0 aliphatic heterocycles. The molecule has 0 amide bonds. The molecule has 4 aromatic rings. The first-order chi connectivity index (χ1) is 18.8. The minimum Gasteiger partial charge on any atom is -0.139 e. The first-order valence-electron chi connectivity index (χ1n) is 15.3. The van der Waals surface area contributed by atoms with Gasteiger partial charge in [0, 0.05) is 35.8 Å². The van der Waals surface area contributed by atoms with Gasteiger partial charge in [0.05, 0.1) is 0 Å². The smallest absolute Gasteiger partial charge is 0.0492 e. The molecule has 0 bridgehead atoms. The molecule has 2 aromatic heterocycles. The van der Waals surface area contributed by atoms with Crippen molar-refractivity contribution in [2.24, 2.45) is 0 Å². The Balaban J connectivity index is 1.72. The fraction of sp³-hybridized carbons (Fsp3) is 0.487. The highest BCUT2D eigenvalue weighted by Gasteiger charge is 2.50. The highest BCUT2D eigenvalue weighted by Crippen LogP contribution is 2.63. The number of thiophene rings is 2. The second kappa shape index (κ2) is 8.48. The Bertz CT molecular complexity index is 1840. The third-order valence-electron chi connectivity index (χ3n) is 12.3. The molecule has 0 nitrogen and oxygen atoms in total. The van der Waals surface area contributed by atoms with Gasteiger partial charge in [-0.15, -0.1) is 22.7 Å². The molecule has 0 saturated heterocycles. The number of fused-ring (bicyclic) bond motifs is 6. The van der Waals surface area contributed by atoms with Crippen molar-refractivity contribution in [1.82, 2.24) is 0 Å². The molecule has 2 heteroatoms. The number of benzene rings is 2. The predicted molar refractivity (Wildman–Crippen MR) is 184 cm³/mol. The minimum absolute atomic E-state index is 0.0313. The molecule has 2 aliphatic carbocycles. The zero-order chi connectivity index (χ0) is 30.5. The van der Waals surface area contributed by atoms with E-state index in [1.807, 2.05) is 11.3 Å². The van der Waals surface area contributed by atoms with Gasteiger partial charge in [0.2, 0.25) is 0 Å². The fourth-order valence-corrected chi connectivity index (χ4v) is 12.0. The Labute approximate surface area is 257 Å². The quantitative estimate of drug-likeness (QED) is 0.210. The third kappa shape index (κ3) is 3.22. The maximum Gasteiger partial charge on any atom is 0.0492 e. The van der Waals surface area contributed by atoms with Gasteiger partial charge in [-0.2, -0.15) is 0 Å². The lowest BCUT2D eigenvalue weighted by Crippen LogP contribution is -2.43. The number of hydrogen-bond acceptors (Lipinski definition) is 2. The zero-order valence-electron chi connectivity index (χ0n) is 28.3. The summed E-state index contributed by atoms with van der Waals surface area (Å²) in [6, 6.07) is 0. The van der Waals surface area contributed by atoms with Gasteiger partial charge < -0.3 is 0 Å². The van der Waals surface area contributed by atoms with E-state index in [2.05, 4.69) is 122 Å². The van der Waals surface area contributed by atoms with Crippen molar-refractivity contribution in [2.75, 3.05) is 0 Å². The molecular weight excluding hydrogens is 533 g/mol. The van der Waals surface area contributed by atoms with Crippen LogP contribution in [-0.4, -0.2) is 0 Å². The van der Waals surface area contributed by atoms with E-state index in [4.69, 9.17) is 0 Å². The van der Waals surface area contributed by atoms with E-state index in [-0.39, 0.29) is 16.2 Å². The van der Waals surface area contributed by atoms with Gasteiger partial charge in [0.15, 0.2) is 0 Å². The number of hydrogen-bond donors (Lipinski definition) is 0. The van der Waals surface area contributed by atoms with Crippen LogP contribution in [0, 0.1) is 69.2 Å². The Morgan fingerprint density at radius 2 is 0.756 bits per heavy atom. The standard InChI is InChI=1S/C39H48S2/c1-17-18(2)22(6)30-28(19(17)3)29-21(5)20(4)27(24(8)31(29)37(30,11)12)34-25(9)33-36(41-34)35-32(23(7)26(10)40-35)38(13,14)39(33,15)16/h1-16H3. The first kappa shape index (κ1) is 28.9. The van der Waals surface area contributed by atoms with Crippen LogP contribution in [0.3, 0.4) is 0 Å². The summed E-state index contributed by atoms with van der Waals surface area (Å²) < 4.78 is 0. The minimum atomic E-state index is -0.0313. The van der Waals surface area contributed by atoms with Gasteiger partial charge in [0.25, 0.3) is 0 Å². The van der Waals surface area contributed by atoms with Crippen LogP contribution in [0.25, 0.3) is 31.3 Å². The van der Waals surface area contributed by atoms with Crippen molar-refractivity contribution >= 4 is 22.7 Å². The second-order valence-corrected chi connectivity index (χ2v) is 17.1. The third-order valence-corrected chi connectivity index (χ3v) is 15.0. The van der Waals surface area contributed by atoms with E-state index in [9.17, 15) is 0 Å². The topological polar surface area (TPSA) is 0 Å². The average molecular weight is 581 g/mol. The van der Waals surface area contributed by atoms with Crippen LogP contribution in [0.5, 0.6) is 0 Å². The van der Waals surface area contributed by atoms with Gasteiger partial charge in [-0.25, -0.2) is 0 Å². The van der Waals surface area contributed by atoms with Gasteiger partial charge in [-0.3, -0.25) is 0 Å². The van der Waals surface area contributed by atoms with E-state index in [0.717, 1.165) is 0 Å². The lowest BCUT2D eigenvalue weighted by Gasteiger charge is -2.47. The summed E-state index contributed by atoms with van der Waals surface area (Å²) >= 11 is 4.09. The lowest BCUT2D eigenvalue weighted by molar-refractivity contribution is 0.299. The van der Waals surface area contributed by atoms with Crippen molar-refractivity contribution in [3.8, 4) is 31.3 Å². The molecule has 216 valence electrons. The van der Waals surface area contributed by atoms with Crippen LogP contribution in [0.1, 0.15) is 119 Å². The molecule has 0 N–H and O–H groups in total. The molecule has 0 radical (unpaired) electrons. The van der Waals surface area contributed by atoms with Crippen LogP contribution in [0.2, 0.25) is 0 Å². The molecule has 0 unspecified atom stereocenters. The van der Waals surface area contributed by atoms with E-state index < -0.39 is 0 Å². The van der Waals surface area contributed by atoms with Crippen LogP contribution in [0.15, 0.2) is 0 Å². The van der Waals surface area contributed by atoms with E-state index in [1.54, 1.807) is 22.3 Å². The molecule has 0 spiro atoms.